The van der Waals surface area contributed by atoms with Gasteiger partial charge in [0.05, 0.1) is 18.9 Å². The molecule has 1 fully saturated rings. The molecule has 0 saturated carbocycles. The summed E-state index contributed by atoms with van der Waals surface area (Å²) in [6.45, 7) is 3.57. The number of aromatic nitrogens is 2. The van der Waals surface area contributed by atoms with Gasteiger partial charge in [0, 0.05) is 11.6 Å². The Bertz CT molecular complexity index is 550. The molecule has 5 nitrogen and oxygen atoms in total. The van der Waals surface area contributed by atoms with Crippen LogP contribution in [0, 0.1) is 6.92 Å². The van der Waals surface area contributed by atoms with Gasteiger partial charge in [-0.1, -0.05) is 29.8 Å². The highest BCUT2D eigenvalue weighted by Gasteiger charge is 2.22. The maximum atomic E-state index is 5.34. The smallest absolute Gasteiger partial charge is 0.235 e. The molecular formula is C15H16N2O3. The van der Waals surface area contributed by atoms with E-state index in [-0.39, 0.29) is 12.9 Å². The molecule has 2 heterocycles. The molecule has 1 aliphatic heterocycles. The van der Waals surface area contributed by atoms with Crippen molar-refractivity contribution in [3.05, 3.63) is 42.0 Å². The molecule has 0 amide bonds. The van der Waals surface area contributed by atoms with Crippen LogP contribution in [0.3, 0.4) is 0 Å². The summed E-state index contributed by atoms with van der Waals surface area (Å²) in [6, 6.07) is 11.8. The first kappa shape index (κ1) is 13.0. The quantitative estimate of drug-likeness (QED) is 0.458. The fourth-order valence-electron chi connectivity index (χ4n) is 1.72. The lowest BCUT2D eigenvalue weighted by atomic mass is 10.1. The van der Waals surface area contributed by atoms with Gasteiger partial charge in [-0.05, 0) is 13.0 Å². The van der Waals surface area contributed by atoms with Gasteiger partial charge in [0.25, 0.3) is 0 Å². The minimum absolute atomic E-state index is 0.165. The van der Waals surface area contributed by atoms with Crippen molar-refractivity contribution >= 4 is 0 Å². The Labute approximate surface area is 117 Å². The van der Waals surface area contributed by atoms with Crippen LogP contribution >= 0.6 is 0 Å². The molecule has 0 spiro atoms. The topological polar surface area (TPSA) is 56.8 Å². The lowest BCUT2D eigenvalue weighted by Crippen LogP contribution is -2.08. The molecule has 1 unspecified atom stereocenters. The van der Waals surface area contributed by atoms with E-state index in [0.29, 0.717) is 12.5 Å². The minimum atomic E-state index is 0.165. The lowest BCUT2D eigenvalue weighted by molar-refractivity contribution is 0.00531. The molecule has 3 rings (SSSR count). The highest BCUT2D eigenvalue weighted by Crippen LogP contribution is 2.18. The molecule has 20 heavy (non-hydrogen) atoms. The molecule has 0 radical (unpaired) electrons. The average molecular weight is 272 g/mol. The maximum absolute atomic E-state index is 5.34. The van der Waals surface area contributed by atoms with Gasteiger partial charge in [0.2, 0.25) is 5.88 Å². The van der Waals surface area contributed by atoms with E-state index in [1.165, 1.54) is 5.56 Å². The van der Waals surface area contributed by atoms with Gasteiger partial charge in [-0.2, -0.15) is 0 Å². The van der Waals surface area contributed by atoms with Crippen molar-refractivity contribution in [3.63, 3.8) is 0 Å². The van der Waals surface area contributed by atoms with Crippen molar-refractivity contribution in [1.29, 1.82) is 0 Å². The number of epoxide rings is 1. The molecule has 2 aromatic rings. The summed E-state index contributed by atoms with van der Waals surface area (Å²) in [6.07, 6.45) is 0.244. The number of rotatable bonds is 6. The predicted molar refractivity (Wildman–Crippen MR) is 73.4 cm³/mol. The van der Waals surface area contributed by atoms with E-state index < -0.39 is 0 Å². The van der Waals surface area contributed by atoms with Crippen molar-refractivity contribution in [2.45, 2.75) is 13.0 Å². The molecular weight excluding hydrogens is 256 g/mol. The summed E-state index contributed by atoms with van der Waals surface area (Å²) in [5, 5.41) is 8.18. The Morgan fingerprint density at radius 2 is 1.95 bits per heavy atom. The number of hydrogen-bond donors (Lipinski definition) is 0. The van der Waals surface area contributed by atoms with Crippen LogP contribution in [0.25, 0.3) is 11.3 Å². The molecule has 104 valence electrons. The molecule has 0 N–H and O–H groups in total. The van der Waals surface area contributed by atoms with Crippen LogP contribution in [0.15, 0.2) is 36.4 Å². The Balaban J connectivity index is 1.54. The fourth-order valence-corrected chi connectivity index (χ4v) is 1.72. The Morgan fingerprint density at radius 1 is 1.15 bits per heavy atom. The first-order chi connectivity index (χ1) is 9.81. The van der Waals surface area contributed by atoms with Crippen LogP contribution in [0.1, 0.15) is 5.56 Å². The van der Waals surface area contributed by atoms with Gasteiger partial charge in [0.1, 0.15) is 6.10 Å². The van der Waals surface area contributed by atoms with Crippen molar-refractivity contribution in [3.8, 4) is 17.1 Å². The lowest BCUT2D eigenvalue weighted by Gasteiger charge is -2.05. The summed E-state index contributed by atoms with van der Waals surface area (Å²) >= 11 is 0. The van der Waals surface area contributed by atoms with Crippen LogP contribution in [0.5, 0.6) is 5.88 Å². The van der Waals surface area contributed by atoms with Crippen LogP contribution in [0.2, 0.25) is 0 Å². The van der Waals surface area contributed by atoms with Gasteiger partial charge in [-0.25, -0.2) is 0 Å². The third-order valence-corrected chi connectivity index (χ3v) is 2.98. The van der Waals surface area contributed by atoms with E-state index >= 15 is 0 Å². The summed E-state index contributed by atoms with van der Waals surface area (Å²) < 4.78 is 15.6. The predicted octanol–water partition coefficient (Wildman–Crippen LogP) is 2.20. The molecule has 0 bridgehead atoms. The normalized spacial score (nSPS) is 16.9. The van der Waals surface area contributed by atoms with Gasteiger partial charge in [-0.15, -0.1) is 10.2 Å². The highest BCUT2D eigenvalue weighted by molar-refractivity contribution is 5.58. The molecule has 1 atom stereocenters. The monoisotopic (exact) mass is 272 g/mol. The minimum Gasteiger partial charge on any atom is -0.449 e. The van der Waals surface area contributed by atoms with Gasteiger partial charge in [-0.3, -0.25) is 0 Å². The van der Waals surface area contributed by atoms with Crippen LogP contribution < -0.4 is 4.74 Å². The number of ether oxygens (including phenoxy) is 3. The molecule has 1 saturated heterocycles. The number of aryl methyl sites for hydroxylation is 1. The van der Waals surface area contributed by atoms with Crippen LogP contribution in [0.4, 0.5) is 0 Å². The van der Waals surface area contributed by atoms with E-state index in [4.69, 9.17) is 14.2 Å². The molecule has 1 aromatic carbocycles. The number of nitrogens with zero attached hydrogens (tertiary/aromatic N) is 2. The van der Waals surface area contributed by atoms with Crippen molar-refractivity contribution in [2.24, 2.45) is 0 Å². The first-order valence-electron chi connectivity index (χ1n) is 6.54. The standard InChI is InChI=1S/C15H16N2O3/c1-11-2-4-12(5-3-11)14-6-7-15(17-16-14)20-10-18-8-13-9-19-13/h2-7,13H,8-10H2,1H3. The van der Waals surface area contributed by atoms with E-state index in [0.717, 1.165) is 17.9 Å². The van der Waals surface area contributed by atoms with Crippen LogP contribution in [-0.4, -0.2) is 36.3 Å². The zero-order valence-corrected chi connectivity index (χ0v) is 11.3. The van der Waals surface area contributed by atoms with Gasteiger partial charge < -0.3 is 14.2 Å². The van der Waals surface area contributed by atoms with E-state index in [1.54, 1.807) is 6.07 Å². The van der Waals surface area contributed by atoms with E-state index in [2.05, 4.69) is 29.3 Å². The second-order valence-electron chi connectivity index (χ2n) is 4.71. The second-order valence-corrected chi connectivity index (χ2v) is 4.71. The maximum Gasteiger partial charge on any atom is 0.235 e. The van der Waals surface area contributed by atoms with Gasteiger partial charge in [0.15, 0.2) is 6.79 Å². The summed E-state index contributed by atoms with van der Waals surface area (Å²) in [5.74, 6) is 0.456. The highest BCUT2D eigenvalue weighted by atomic mass is 16.7. The molecule has 0 aliphatic carbocycles. The zero-order chi connectivity index (χ0) is 13.8. The average Bonchev–Trinajstić information content (AvgIpc) is 3.29. The van der Waals surface area contributed by atoms with Crippen molar-refractivity contribution < 1.29 is 14.2 Å². The molecule has 1 aliphatic rings. The largest absolute Gasteiger partial charge is 0.449 e. The number of hydrogen-bond acceptors (Lipinski definition) is 5. The number of benzene rings is 1. The Hall–Kier alpha value is -1.98. The van der Waals surface area contributed by atoms with Crippen LogP contribution in [-0.2, 0) is 9.47 Å². The fraction of sp³-hybridized carbons (Fsp3) is 0.333. The van der Waals surface area contributed by atoms with E-state index in [1.807, 2.05) is 18.2 Å². The first-order valence-corrected chi connectivity index (χ1v) is 6.54. The van der Waals surface area contributed by atoms with Crippen molar-refractivity contribution in [1.82, 2.24) is 10.2 Å². The Kier molecular flexibility index (Phi) is 3.90. The van der Waals surface area contributed by atoms with Gasteiger partial charge >= 0.3 is 0 Å². The summed E-state index contributed by atoms with van der Waals surface area (Å²) in [4.78, 5) is 0. The zero-order valence-electron chi connectivity index (χ0n) is 11.3. The van der Waals surface area contributed by atoms with E-state index in [9.17, 15) is 0 Å². The third kappa shape index (κ3) is 3.53. The third-order valence-electron chi connectivity index (χ3n) is 2.98. The second kappa shape index (κ2) is 5.98. The summed E-state index contributed by atoms with van der Waals surface area (Å²) in [7, 11) is 0. The molecule has 5 heteroatoms. The Morgan fingerprint density at radius 3 is 2.60 bits per heavy atom. The summed E-state index contributed by atoms with van der Waals surface area (Å²) in [5.41, 5.74) is 3.08. The van der Waals surface area contributed by atoms with Crippen molar-refractivity contribution in [2.75, 3.05) is 20.0 Å². The molecule has 1 aromatic heterocycles. The SMILES string of the molecule is Cc1ccc(-c2ccc(OCOCC3CO3)nn2)cc1.